The zero-order valence-corrected chi connectivity index (χ0v) is 10.6. The summed E-state index contributed by atoms with van der Waals surface area (Å²) in [7, 11) is 1.86. The molecule has 2 N–H and O–H groups in total. The number of pyridine rings is 1. The Labute approximate surface area is 108 Å². The monoisotopic (exact) mass is 257 g/mol. The molecule has 6 heteroatoms. The van der Waals surface area contributed by atoms with Crippen molar-refractivity contribution in [2.24, 2.45) is 7.05 Å². The third-order valence-corrected chi connectivity index (χ3v) is 3.46. The molecular formula is C12H11N5S. The van der Waals surface area contributed by atoms with Gasteiger partial charge in [-0.1, -0.05) is 6.07 Å². The second-order valence-electron chi connectivity index (χ2n) is 3.82. The maximum absolute atomic E-state index is 5.91. The normalized spacial score (nSPS) is 10.7. The van der Waals surface area contributed by atoms with Gasteiger partial charge in [-0.3, -0.25) is 4.98 Å². The SMILES string of the molecule is Cn1nc(-c2cccs2)nc1-c1ccncc1N. The summed E-state index contributed by atoms with van der Waals surface area (Å²) in [6.45, 7) is 0. The van der Waals surface area contributed by atoms with Gasteiger partial charge in [0.25, 0.3) is 0 Å². The number of aryl methyl sites for hydroxylation is 1. The summed E-state index contributed by atoms with van der Waals surface area (Å²) in [5, 5.41) is 6.42. The molecule has 0 bridgehead atoms. The molecule has 0 fully saturated rings. The van der Waals surface area contributed by atoms with E-state index in [-0.39, 0.29) is 0 Å². The van der Waals surface area contributed by atoms with Crippen LogP contribution in [0.5, 0.6) is 0 Å². The first-order valence-corrected chi connectivity index (χ1v) is 6.28. The highest BCUT2D eigenvalue weighted by atomic mass is 32.1. The van der Waals surface area contributed by atoms with Crippen LogP contribution >= 0.6 is 11.3 Å². The van der Waals surface area contributed by atoms with Gasteiger partial charge in [0.1, 0.15) is 0 Å². The highest BCUT2D eigenvalue weighted by Gasteiger charge is 2.13. The highest BCUT2D eigenvalue weighted by Crippen LogP contribution is 2.27. The number of aromatic nitrogens is 4. The van der Waals surface area contributed by atoms with Crippen molar-refractivity contribution in [3.05, 3.63) is 36.0 Å². The molecule has 3 rings (SSSR count). The van der Waals surface area contributed by atoms with E-state index in [9.17, 15) is 0 Å². The second-order valence-corrected chi connectivity index (χ2v) is 4.77. The van der Waals surface area contributed by atoms with E-state index in [0.717, 1.165) is 22.1 Å². The second kappa shape index (κ2) is 4.23. The van der Waals surface area contributed by atoms with Crippen LogP contribution in [0, 0.1) is 0 Å². The van der Waals surface area contributed by atoms with Crippen molar-refractivity contribution in [1.82, 2.24) is 19.7 Å². The van der Waals surface area contributed by atoms with Gasteiger partial charge in [-0.05, 0) is 17.5 Å². The molecule has 0 aromatic carbocycles. The summed E-state index contributed by atoms with van der Waals surface area (Å²) in [5.74, 6) is 1.47. The highest BCUT2D eigenvalue weighted by molar-refractivity contribution is 7.13. The Balaban J connectivity index is 2.12. The molecule has 0 atom stereocenters. The molecule has 0 saturated heterocycles. The van der Waals surface area contributed by atoms with Gasteiger partial charge in [-0.25, -0.2) is 9.67 Å². The van der Waals surface area contributed by atoms with Crippen LogP contribution in [0.2, 0.25) is 0 Å². The molecule has 0 spiro atoms. The Hall–Kier alpha value is -2.21. The lowest BCUT2D eigenvalue weighted by Gasteiger charge is -2.02. The summed E-state index contributed by atoms with van der Waals surface area (Å²) in [5.41, 5.74) is 7.36. The Morgan fingerprint density at radius 3 is 2.94 bits per heavy atom. The average molecular weight is 257 g/mol. The van der Waals surface area contributed by atoms with Crippen LogP contribution in [0.4, 0.5) is 5.69 Å². The van der Waals surface area contributed by atoms with E-state index in [1.807, 2.05) is 30.6 Å². The van der Waals surface area contributed by atoms with E-state index in [1.165, 1.54) is 0 Å². The number of anilines is 1. The van der Waals surface area contributed by atoms with Gasteiger partial charge in [-0.2, -0.15) is 0 Å². The molecule has 90 valence electrons. The average Bonchev–Trinajstić information content (AvgIpc) is 2.99. The van der Waals surface area contributed by atoms with Gasteiger partial charge in [0.05, 0.1) is 16.8 Å². The Morgan fingerprint density at radius 1 is 1.33 bits per heavy atom. The number of rotatable bonds is 2. The molecular weight excluding hydrogens is 246 g/mol. The molecule has 0 saturated carbocycles. The smallest absolute Gasteiger partial charge is 0.191 e. The van der Waals surface area contributed by atoms with Crippen LogP contribution in [0.25, 0.3) is 22.1 Å². The lowest BCUT2D eigenvalue weighted by molar-refractivity contribution is 0.778. The van der Waals surface area contributed by atoms with Gasteiger partial charge >= 0.3 is 0 Å². The Bertz CT molecular complexity index is 672. The van der Waals surface area contributed by atoms with Gasteiger partial charge in [0, 0.05) is 18.8 Å². The molecule has 0 radical (unpaired) electrons. The standard InChI is InChI=1S/C12H11N5S/c1-17-12(8-4-5-14-7-9(8)13)15-11(16-17)10-3-2-6-18-10/h2-7H,13H2,1H3. The third kappa shape index (κ3) is 1.76. The van der Waals surface area contributed by atoms with Crippen LogP contribution in [0.1, 0.15) is 0 Å². The molecule has 5 nitrogen and oxygen atoms in total. The van der Waals surface area contributed by atoms with Crippen molar-refractivity contribution in [3.63, 3.8) is 0 Å². The zero-order valence-electron chi connectivity index (χ0n) is 9.74. The van der Waals surface area contributed by atoms with Gasteiger partial charge in [-0.15, -0.1) is 16.4 Å². The number of hydrogen-bond acceptors (Lipinski definition) is 5. The lowest BCUT2D eigenvalue weighted by atomic mass is 10.2. The topological polar surface area (TPSA) is 69.6 Å². The molecule has 3 aromatic heterocycles. The number of thiophene rings is 1. The van der Waals surface area contributed by atoms with Gasteiger partial charge < -0.3 is 5.73 Å². The molecule has 0 aliphatic rings. The van der Waals surface area contributed by atoms with Crippen molar-refractivity contribution in [2.75, 3.05) is 5.73 Å². The van der Waals surface area contributed by atoms with E-state index < -0.39 is 0 Å². The van der Waals surface area contributed by atoms with Crippen molar-refractivity contribution < 1.29 is 0 Å². The molecule has 3 heterocycles. The van der Waals surface area contributed by atoms with Crippen molar-refractivity contribution >= 4 is 17.0 Å². The maximum Gasteiger partial charge on any atom is 0.191 e. The van der Waals surface area contributed by atoms with Crippen LogP contribution in [-0.2, 0) is 7.05 Å². The van der Waals surface area contributed by atoms with E-state index in [2.05, 4.69) is 15.1 Å². The fraction of sp³-hybridized carbons (Fsp3) is 0.0833. The first-order chi connectivity index (χ1) is 8.75. The van der Waals surface area contributed by atoms with Gasteiger partial charge in [0.2, 0.25) is 0 Å². The van der Waals surface area contributed by atoms with Crippen LogP contribution in [0.15, 0.2) is 36.0 Å². The van der Waals surface area contributed by atoms with Crippen molar-refractivity contribution in [1.29, 1.82) is 0 Å². The van der Waals surface area contributed by atoms with Crippen LogP contribution in [0.3, 0.4) is 0 Å². The molecule has 0 aliphatic heterocycles. The summed E-state index contributed by atoms with van der Waals surface area (Å²) < 4.78 is 1.74. The minimum absolute atomic E-state index is 0.603. The van der Waals surface area contributed by atoms with E-state index in [1.54, 1.807) is 28.4 Å². The Kier molecular flexibility index (Phi) is 2.56. The minimum atomic E-state index is 0.603. The lowest BCUT2D eigenvalue weighted by Crippen LogP contribution is -1.98. The van der Waals surface area contributed by atoms with Crippen LogP contribution in [-0.4, -0.2) is 19.7 Å². The van der Waals surface area contributed by atoms with E-state index in [4.69, 9.17) is 5.73 Å². The summed E-state index contributed by atoms with van der Waals surface area (Å²) in [6.07, 6.45) is 3.32. The van der Waals surface area contributed by atoms with Gasteiger partial charge in [0.15, 0.2) is 11.6 Å². The molecule has 0 unspecified atom stereocenters. The van der Waals surface area contributed by atoms with Crippen LogP contribution < -0.4 is 5.73 Å². The predicted molar refractivity (Wildman–Crippen MR) is 72.0 cm³/mol. The molecule has 18 heavy (non-hydrogen) atoms. The first kappa shape index (κ1) is 10.9. The van der Waals surface area contributed by atoms with E-state index in [0.29, 0.717) is 5.69 Å². The number of nitrogens with two attached hydrogens (primary N) is 1. The first-order valence-electron chi connectivity index (χ1n) is 5.40. The zero-order chi connectivity index (χ0) is 12.5. The molecule has 0 aliphatic carbocycles. The predicted octanol–water partition coefficient (Wildman–Crippen LogP) is 2.19. The summed E-state index contributed by atoms with van der Waals surface area (Å²) >= 11 is 1.62. The number of hydrogen-bond donors (Lipinski definition) is 1. The fourth-order valence-electron chi connectivity index (χ4n) is 1.74. The number of nitrogens with zero attached hydrogens (tertiary/aromatic N) is 4. The third-order valence-electron chi connectivity index (χ3n) is 2.60. The quantitative estimate of drug-likeness (QED) is 0.764. The minimum Gasteiger partial charge on any atom is -0.397 e. The largest absolute Gasteiger partial charge is 0.397 e. The van der Waals surface area contributed by atoms with E-state index >= 15 is 0 Å². The summed E-state index contributed by atoms with van der Waals surface area (Å²) in [4.78, 5) is 9.56. The Morgan fingerprint density at radius 2 is 2.22 bits per heavy atom. The fourth-order valence-corrected chi connectivity index (χ4v) is 2.39. The summed E-state index contributed by atoms with van der Waals surface area (Å²) in [6, 6.07) is 5.83. The molecule has 3 aromatic rings. The number of nitrogen functional groups attached to an aromatic ring is 1. The maximum atomic E-state index is 5.91. The van der Waals surface area contributed by atoms with Crippen molar-refractivity contribution in [2.45, 2.75) is 0 Å². The van der Waals surface area contributed by atoms with Crippen molar-refractivity contribution in [3.8, 4) is 22.1 Å². The molecule has 0 amide bonds.